The summed E-state index contributed by atoms with van der Waals surface area (Å²) >= 11 is 0. The number of benzene rings is 1. The Morgan fingerprint density at radius 1 is 1.14 bits per heavy atom. The summed E-state index contributed by atoms with van der Waals surface area (Å²) in [4.78, 5) is 39.1. The quantitative estimate of drug-likeness (QED) is 0.356. The van der Waals surface area contributed by atoms with Crippen LogP contribution in [0.3, 0.4) is 0 Å². The van der Waals surface area contributed by atoms with Crippen LogP contribution >= 0.6 is 0 Å². The molecule has 0 radical (unpaired) electrons. The number of ether oxygens (including phenoxy) is 2. The van der Waals surface area contributed by atoms with Gasteiger partial charge in [0.2, 0.25) is 15.9 Å². The second kappa shape index (κ2) is 12.5. The highest BCUT2D eigenvalue weighted by Gasteiger charge is 2.39. The number of carbonyl (C=O) groups excluding carboxylic acids is 3. The number of nitrogens with one attached hydrogen (secondary N) is 1. The van der Waals surface area contributed by atoms with Crippen LogP contribution in [-0.4, -0.2) is 97.7 Å². The van der Waals surface area contributed by atoms with Gasteiger partial charge >= 0.3 is 5.97 Å². The van der Waals surface area contributed by atoms with Gasteiger partial charge in [0.1, 0.15) is 5.69 Å². The highest BCUT2D eigenvalue weighted by molar-refractivity contribution is 7.89. The van der Waals surface area contributed by atoms with E-state index in [1.54, 1.807) is 9.58 Å². The zero-order valence-electron chi connectivity index (χ0n) is 24.3. The molecule has 0 atom stereocenters. The van der Waals surface area contributed by atoms with Crippen molar-refractivity contribution in [1.29, 1.82) is 0 Å². The third-order valence-electron chi connectivity index (χ3n) is 8.56. The van der Waals surface area contributed by atoms with Crippen LogP contribution in [0.25, 0.3) is 0 Å². The van der Waals surface area contributed by atoms with Gasteiger partial charge < -0.3 is 19.7 Å². The Morgan fingerprint density at radius 2 is 1.88 bits per heavy atom. The SMILES string of the molecule is CCn1nc(CCCOC(=O)c2cccc(S(=O)(=O)N3CCN(C(C)=O)CC3)c2)c2c1C(=O)NCC1(CCOCC1)C2. The second-order valence-corrected chi connectivity index (χ2v) is 13.2. The summed E-state index contributed by atoms with van der Waals surface area (Å²) in [6.45, 7) is 7.16. The van der Waals surface area contributed by atoms with E-state index in [1.165, 1.54) is 35.5 Å². The van der Waals surface area contributed by atoms with Gasteiger partial charge in [-0.15, -0.1) is 0 Å². The molecule has 42 heavy (non-hydrogen) atoms. The minimum atomic E-state index is -3.82. The standard InChI is InChI=1S/C29H39N5O7S/c1-3-34-26-24(19-29(20-30-27(26)36)9-16-40-17-10-29)25(31-34)8-5-15-41-28(37)22-6-4-7-23(18-22)42(38,39)33-13-11-32(12-14-33)21(2)35/h4,6-7,18H,3,5,8-17,19-20H2,1-2H3,(H,30,36). The number of amides is 2. The number of carbonyl (C=O) groups is 3. The second-order valence-electron chi connectivity index (χ2n) is 11.2. The van der Waals surface area contributed by atoms with Crippen LogP contribution in [0.1, 0.15) is 65.2 Å². The molecule has 4 heterocycles. The van der Waals surface area contributed by atoms with E-state index in [-0.39, 0.29) is 47.4 Å². The van der Waals surface area contributed by atoms with Gasteiger partial charge in [0.05, 0.1) is 22.8 Å². The summed E-state index contributed by atoms with van der Waals surface area (Å²) in [7, 11) is -3.82. The van der Waals surface area contributed by atoms with Crippen molar-refractivity contribution in [3.8, 4) is 0 Å². The molecule has 0 unspecified atom stereocenters. The van der Waals surface area contributed by atoms with Crippen LogP contribution in [-0.2, 0) is 43.7 Å². The fourth-order valence-electron chi connectivity index (χ4n) is 6.03. The van der Waals surface area contributed by atoms with Crippen molar-refractivity contribution in [3.05, 3.63) is 46.8 Å². The molecule has 2 aromatic rings. The maximum atomic E-state index is 13.2. The average Bonchev–Trinajstić information content (AvgIpc) is 3.28. The van der Waals surface area contributed by atoms with Gasteiger partial charge in [-0.2, -0.15) is 9.40 Å². The van der Waals surface area contributed by atoms with E-state index in [0.29, 0.717) is 57.9 Å². The lowest BCUT2D eigenvalue weighted by Gasteiger charge is -2.36. The Labute approximate surface area is 246 Å². The summed E-state index contributed by atoms with van der Waals surface area (Å²) < 4.78 is 40.6. The molecule has 0 bridgehead atoms. The van der Waals surface area contributed by atoms with Gasteiger partial charge in [-0.25, -0.2) is 13.2 Å². The number of aryl methyl sites for hydroxylation is 2. The number of nitrogens with zero attached hydrogens (tertiary/aromatic N) is 4. The van der Waals surface area contributed by atoms with E-state index >= 15 is 0 Å². The topological polar surface area (TPSA) is 140 Å². The Bertz CT molecular complexity index is 1440. The van der Waals surface area contributed by atoms with Crippen LogP contribution in [0.15, 0.2) is 29.2 Å². The molecule has 3 aliphatic rings. The number of esters is 1. The molecule has 13 heteroatoms. The summed E-state index contributed by atoms with van der Waals surface area (Å²) in [5.41, 5.74) is 2.55. The van der Waals surface area contributed by atoms with Crippen LogP contribution in [0.2, 0.25) is 0 Å². The molecule has 2 saturated heterocycles. The molecule has 2 fully saturated rings. The number of aromatic nitrogens is 2. The van der Waals surface area contributed by atoms with Crippen molar-refractivity contribution in [3.63, 3.8) is 0 Å². The lowest BCUT2D eigenvalue weighted by Crippen LogP contribution is -2.49. The van der Waals surface area contributed by atoms with Crippen LogP contribution in [0.5, 0.6) is 0 Å². The first kappa shape index (κ1) is 30.2. The van der Waals surface area contributed by atoms with Gasteiger partial charge in [-0.1, -0.05) is 6.07 Å². The number of sulfonamides is 1. The average molecular weight is 602 g/mol. The molecule has 12 nitrogen and oxygen atoms in total. The lowest BCUT2D eigenvalue weighted by atomic mass is 9.75. The van der Waals surface area contributed by atoms with E-state index in [0.717, 1.165) is 30.5 Å². The van der Waals surface area contributed by atoms with Gasteiger partial charge in [0.25, 0.3) is 5.91 Å². The highest BCUT2D eigenvalue weighted by Crippen LogP contribution is 2.38. The summed E-state index contributed by atoms with van der Waals surface area (Å²) in [5, 5.41) is 7.85. The molecular formula is C29H39N5O7S. The third-order valence-corrected chi connectivity index (χ3v) is 10.5. The van der Waals surface area contributed by atoms with Crippen molar-refractivity contribution in [2.75, 3.05) is 52.5 Å². The zero-order valence-corrected chi connectivity index (χ0v) is 25.1. The number of rotatable bonds is 8. The van der Waals surface area contributed by atoms with Crippen molar-refractivity contribution in [2.45, 2.75) is 57.4 Å². The number of hydrogen-bond acceptors (Lipinski definition) is 8. The first-order chi connectivity index (χ1) is 20.1. The van der Waals surface area contributed by atoms with Crippen LogP contribution in [0, 0.1) is 5.41 Å². The van der Waals surface area contributed by atoms with Crippen molar-refractivity contribution in [2.24, 2.45) is 5.41 Å². The first-order valence-electron chi connectivity index (χ1n) is 14.6. The van der Waals surface area contributed by atoms with Gasteiger partial charge in [-0.3, -0.25) is 14.3 Å². The summed E-state index contributed by atoms with van der Waals surface area (Å²) in [5.74, 6) is -0.789. The first-order valence-corrected chi connectivity index (χ1v) is 16.0. The molecule has 2 amide bonds. The molecule has 1 spiro atoms. The predicted octanol–water partition coefficient (Wildman–Crippen LogP) is 1.63. The van der Waals surface area contributed by atoms with Crippen LogP contribution in [0.4, 0.5) is 0 Å². The Balaban J connectivity index is 1.21. The zero-order chi connectivity index (χ0) is 29.9. The molecule has 228 valence electrons. The molecule has 1 aromatic carbocycles. The number of fused-ring (bicyclic) bond motifs is 1. The van der Waals surface area contributed by atoms with Gasteiger partial charge in [-0.05, 0) is 62.6 Å². The van der Waals surface area contributed by atoms with Crippen molar-refractivity contribution < 1.29 is 32.3 Å². The minimum absolute atomic E-state index is 0.0151. The van der Waals surface area contributed by atoms with Gasteiger partial charge in [0, 0.05) is 65.0 Å². The lowest BCUT2D eigenvalue weighted by molar-refractivity contribution is -0.129. The molecule has 5 rings (SSSR count). The predicted molar refractivity (Wildman–Crippen MR) is 152 cm³/mol. The maximum Gasteiger partial charge on any atom is 0.338 e. The Kier molecular flexibility index (Phi) is 9.00. The highest BCUT2D eigenvalue weighted by atomic mass is 32.2. The molecule has 1 N–H and O–H groups in total. The number of piperazine rings is 1. The third kappa shape index (κ3) is 6.23. The van der Waals surface area contributed by atoms with E-state index in [1.807, 2.05) is 6.92 Å². The minimum Gasteiger partial charge on any atom is -0.462 e. The summed E-state index contributed by atoms with van der Waals surface area (Å²) in [6, 6.07) is 5.85. The molecule has 1 aromatic heterocycles. The maximum absolute atomic E-state index is 13.2. The largest absolute Gasteiger partial charge is 0.462 e. The van der Waals surface area contributed by atoms with Gasteiger partial charge in [0.15, 0.2) is 0 Å². The molecule has 3 aliphatic heterocycles. The Morgan fingerprint density at radius 3 is 2.57 bits per heavy atom. The fraction of sp³-hybridized carbons (Fsp3) is 0.586. The molecular weight excluding hydrogens is 562 g/mol. The fourth-order valence-corrected chi connectivity index (χ4v) is 7.50. The summed E-state index contributed by atoms with van der Waals surface area (Å²) in [6.07, 6.45) is 3.57. The van der Waals surface area contributed by atoms with Crippen LogP contribution < -0.4 is 5.32 Å². The smallest absolute Gasteiger partial charge is 0.338 e. The van der Waals surface area contributed by atoms with Crippen molar-refractivity contribution >= 4 is 27.8 Å². The molecule has 0 saturated carbocycles. The van der Waals surface area contributed by atoms with E-state index < -0.39 is 16.0 Å². The van der Waals surface area contributed by atoms with E-state index in [2.05, 4.69) is 5.32 Å². The van der Waals surface area contributed by atoms with E-state index in [4.69, 9.17) is 14.6 Å². The van der Waals surface area contributed by atoms with Crippen molar-refractivity contribution in [1.82, 2.24) is 24.3 Å². The van der Waals surface area contributed by atoms with E-state index in [9.17, 15) is 22.8 Å². The Hall–Kier alpha value is -3.29. The normalized spacial score (nSPS) is 19.2. The number of hydrogen-bond donors (Lipinski definition) is 1. The molecule has 0 aliphatic carbocycles. The monoisotopic (exact) mass is 601 g/mol.